The molecular formula is C110H72N4S. The average molecular weight is 1480 g/mol. The predicted octanol–water partition coefficient (Wildman–Crippen LogP) is 31.2. The van der Waals surface area contributed by atoms with Gasteiger partial charge in [-0.05, 0) is 216 Å². The fourth-order valence-electron chi connectivity index (χ4n) is 17.8. The lowest BCUT2D eigenvalue weighted by atomic mass is 9.95. The molecule has 0 aliphatic carbocycles. The van der Waals surface area contributed by atoms with Gasteiger partial charge in [-0.2, -0.15) is 0 Å². The summed E-state index contributed by atoms with van der Waals surface area (Å²) in [6.07, 6.45) is 0. The van der Waals surface area contributed by atoms with Gasteiger partial charge in [-0.1, -0.05) is 309 Å². The van der Waals surface area contributed by atoms with Crippen LogP contribution in [0.1, 0.15) is 0 Å². The van der Waals surface area contributed by atoms with Crippen LogP contribution in [0.3, 0.4) is 0 Å². The Hall–Kier alpha value is -14.9. The standard InChI is InChI=1S/C110H72N4S/c1-4-21-73(22-5-1)76-39-51-85(52-40-76)111(106-67-64-91(93-29-10-12-31-95(93)106)80-47-59-89(60-48-80)114-105-38-19-16-35-99(105)102-70-83(50-66-108(102)114)75-25-8-3-9-26-75)86-55-43-78(44-56-86)81-27-20-28-82(69-81)84-49-62-100-101-63-61-90(72-110(101)115-109(100)71-84)112(87-53-41-77(42-54-87)74-23-6-2-7-24-74)107-68-65-92(94-30-11-13-32-96(94)107)79-45-57-88(58-46-79)113-103-36-17-14-33-97(103)98-34-15-18-37-104(98)113/h1-72H. The van der Waals surface area contributed by atoms with E-state index in [9.17, 15) is 0 Å². The second kappa shape index (κ2) is 28.1. The van der Waals surface area contributed by atoms with E-state index in [0.29, 0.717) is 0 Å². The van der Waals surface area contributed by atoms with Gasteiger partial charge >= 0.3 is 0 Å². The highest BCUT2D eigenvalue weighted by molar-refractivity contribution is 7.25. The van der Waals surface area contributed by atoms with Crippen molar-refractivity contribution in [1.82, 2.24) is 9.13 Å². The number of anilines is 6. The summed E-state index contributed by atoms with van der Waals surface area (Å²) in [4.78, 5) is 4.88. The van der Waals surface area contributed by atoms with Crippen molar-refractivity contribution in [1.29, 1.82) is 0 Å². The average Bonchev–Trinajstić information content (AvgIpc) is 1.51. The van der Waals surface area contributed by atoms with E-state index in [-0.39, 0.29) is 0 Å². The molecule has 22 aromatic rings. The van der Waals surface area contributed by atoms with E-state index >= 15 is 0 Å². The maximum atomic E-state index is 2.45. The first-order valence-electron chi connectivity index (χ1n) is 39.4. The highest BCUT2D eigenvalue weighted by atomic mass is 32.1. The zero-order valence-corrected chi connectivity index (χ0v) is 63.6. The van der Waals surface area contributed by atoms with E-state index in [2.05, 4.69) is 456 Å². The molecule has 0 aliphatic heterocycles. The van der Waals surface area contributed by atoms with E-state index in [1.54, 1.807) is 0 Å². The van der Waals surface area contributed by atoms with Crippen molar-refractivity contribution in [3.05, 3.63) is 437 Å². The van der Waals surface area contributed by atoms with Crippen LogP contribution < -0.4 is 9.80 Å². The van der Waals surface area contributed by atoms with Crippen molar-refractivity contribution < 1.29 is 0 Å². The summed E-state index contributed by atoms with van der Waals surface area (Å²) in [5.74, 6) is 0. The summed E-state index contributed by atoms with van der Waals surface area (Å²) in [6.45, 7) is 0. The largest absolute Gasteiger partial charge is 0.310 e. The summed E-state index contributed by atoms with van der Waals surface area (Å²) in [5, 5.41) is 12.2. The monoisotopic (exact) mass is 1480 g/mol. The number of aromatic nitrogens is 2. The lowest BCUT2D eigenvalue weighted by Crippen LogP contribution is -2.10. The Morgan fingerprint density at radius 1 is 0.165 bits per heavy atom. The molecule has 4 nitrogen and oxygen atoms in total. The smallest absolute Gasteiger partial charge is 0.0541 e. The van der Waals surface area contributed by atoms with Gasteiger partial charge in [0, 0.05) is 86.6 Å². The lowest BCUT2D eigenvalue weighted by Gasteiger charge is -2.28. The third kappa shape index (κ3) is 11.8. The minimum absolute atomic E-state index is 1.07. The minimum atomic E-state index is 1.07. The maximum absolute atomic E-state index is 2.45. The third-order valence-electron chi connectivity index (χ3n) is 23.4. The van der Waals surface area contributed by atoms with Crippen LogP contribution in [0.2, 0.25) is 0 Å². The van der Waals surface area contributed by atoms with E-state index < -0.39 is 0 Å². The topological polar surface area (TPSA) is 16.3 Å². The second-order valence-corrected chi connectivity index (χ2v) is 31.0. The summed E-state index contributed by atoms with van der Waals surface area (Å²) in [7, 11) is 0. The molecule has 0 fully saturated rings. The number of hydrogen-bond donors (Lipinski definition) is 0. The van der Waals surface area contributed by atoms with Gasteiger partial charge < -0.3 is 18.9 Å². The minimum Gasteiger partial charge on any atom is -0.310 e. The number of benzene rings is 19. The Bertz CT molecular complexity index is 7420. The molecule has 0 saturated heterocycles. The molecule has 0 radical (unpaired) electrons. The van der Waals surface area contributed by atoms with Crippen LogP contribution >= 0.6 is 11.3 Å². The van der Waals surface area contributed by atoms with Crippen molar-refractivity contribution in [2.45, 2.75) is 0 Å². The van der Waals surface area contributed by atoms with E-state index in [0.717, 1.165) is 67.6 Å². The van der Waals surface area contributed by atoms with Gasteiger partial charge in [0.05, 0.1) is 33.4 Å². The van der Waals surface area contributed by atoms with Gasteiger partial charge in [-0.3, -0.25) is 0 Å². The number of rotatable bonds is 15. The Morgan fingerprint density at radius 2 is 0.470 bits per heavy atom. The Balaban J connectivity index is 0.580. The fourth-order valence-corrected chi connectivity index (χ4v) is 19.0. The molecule has 3 aromatic heterocycles. The Kier molecular flexibility index (Phi) is 16.4. The van der Waals surface area contributed by atoms with E-state index in [1.165, 1.54) is 141 Å². The number of hydrogen-bond acceptors (Lipinski definition) is 3. The third-order valence-corrected chi connectivity index (χ3v) is 24.5. The molecule has 0 atom stereocenters. The normalized spacial score (nSPS) is 11.7. The van der Waals surface area contributed by atoms with Crippen LogP contribution in [-0.2, 0) is 0 Å². The molecule has 0 bridgehead atoms. The van der Waals surface area contributed by atoms with Gasteiger partial charge in [-0.15, -0.1) is 11.3 Å². The molecule has 0 N–H and O–H groups in total. The summed E-state index contributed by atoms with van der Waals surface area (Å²) >= 11 is 1.86. The molecule has 538 valence electrons. The predicted molar refractivity (Wildman–Crippen MR) is 490 cm³/mol. The molecule has 5 heteroatoms. The molecule has 0 amide bonds. The van der Waals surface area contributed by atoms with Crippen molar-refractivity contribution in [3.8, 4) is 89.3 Å². The summed E-state index contributed by atoms with van der Waals surface area (Å²) < 4.78 is 7.28. The molecule has 22 rings (SSSR count). The van der Waals surface area contributed by atoms with Crippen molar-refractivity contribution in [2.75, 3.05) is 9.80 Å². The van der Waals surface area contributed by atoms with Crippen LogP contribution in [0, 0.1) is 0 Å². The van der Waals surface area contributed by atoms with Gasteiger partial charge in [0.2, 0.25) is 0 Å². The molecule has 0 spiro atoms. The molecule has 0 aliphatic rings. The van der Waals surface area contributed by atoms with Crippen LogP contribution in [-0.4, -0.2) is 9.13 Å². The first kappa shape index (κ1) is 67.1. The fraction of sp³-hybridized carbons (Fsp3) is 0. The number of para-hydroxylation sites is 3. The Labute approximate surface area is 671 Å². The summed E-state index contributed by atoms with van der Waals surface area (Å²) in [5.41, 5.74) is 30.1. The molecule has 3 heterocycles. The first-order chi connectivity index (χ1) is 57.0. The highest BCUT2D eigenvalue weighted by Gasteiger charge is 2.24. The molecule has 0 saturated carbocycles. The van der Waals surface area contributed by atoms with Gasteiger partial charge in [-0.25, -0.2) is 0 Å². The van der Waals surface area contributed by atoms with Crippen molar-refractivity contribution in [2.24, 2.45) is 0 Å². The number of fused-ring (bicyclic) bond motifs is 11. The van der Waals surface area contributed by atoms with E-state index in [4.69, 9.17) is 0 Å². The molecular weight excluding hydrogens is 1410 g/mol. The van der Waals surface area contributed by atoms with Crippen LogP contribution in [0.15, 0.2) is 437 Å². The van der Waals surface area contributed by atoms with E-state index in [1.807, 2.05) is 11.3 Å². The van der Waals surface area contributed by atoms with Crippen LogP contribution in [0.25, 0.3) is 175 Å². The second-order valence-electron chi connectivity index (χ2n) is 29.9. The van der Waals surface area contributed by atoms with Crippen molar-refractivity contribution >= 4 is 131 Å². The van der Waals surface area contributed by atoms with Crippen LogP contribution in [0.5, 0.6) is 0 Å². The van der Waals surface area contributed by atoms with Crippen molar-refractivity contribution in [3.63, 3.8) is 0 Å². The number of thiophene rings is 1. The van der Waals surface area contributed by atoms with Gasteiger partial charge in [0.1, 0.15) is 0 Å². The molecule has 115 heavy (non-hydrogen) atoms. The maximum Gasteiger partial charge on any atom is 0.0541 e. The molecule has 0 unspecified atom stereocenters. The Morgan fingerprint density at radius 3 is 0.948 bits per heavy atom. The number of nitrogens with zero attached hydrogens (tertiary/aromatic N) is 4. The SMILES string of the molecule is c1ccc(-c2ccc(N(c3ccc(-c4cccc(-c5ccc6c(c5)sc5cc(N(c7ccc(-c8ccccc8)cc7)c7ccc(-c8ccc(-n9c%10ccccc%10c%10ccccc%109)cc8)c8ccccc78)ccc56)c4)cc3)c3ccc(-c4ccc(-n5c6ccccc6c6cc(-c7ccccc7)ccc65)cc4)c4ccccc34)cc2)cc1. The van der Waals surface area contributed by atoms with Gasteiger partial charge in [0.25, 0.3) is 0 Å². The lowest BCUT2D eigenvalue weighted by molar-refractivity contribution is 1.18. The van der Waals surface area contributed by atoms with Crippen LogP contribution in [0.4, 0.5) is 34.1 Å². The van der Waals surface area contributed by atoms with Gasteiger partial charge in [0.15, 0.2) is 0 Å². The summed E-state index contributed by atoms with van der Waals surface area (Å²) in [6, 6.07) is 161. The zero-order valence-electron chi connectivity index (χ0n) is 62.8. The highest BCUT2D eigenvalue weighted by Crippen LogP contribution is 2.49. The zero-order chi connectivity index (χ0) is 75.9. The molecule has 19 aromatic carbocycles. The quantitative estimate of drug-likeness (QED) is 0.102. The first-order valence-corrected chi connectivity index (χ1v) is 40.2.